The van der Waals surface area contributed by atoms with E-state index in [0.717, 1.165) is 12.0 Å². The number of carbonyl (C=O) groups excluding carboxylic acids is 2. The van der Waals surface area contributed by atoms with Gasteiger partial charge < -0.3 is 10.2 Å². The summed E-state index contributed by atoms with van der Waals surface area (Å²) >= 11 is 12.2. The molecule has 0 aromatic heterocycles. The van der Waals surface area contributed by atoms with Crippen LogP contribution in [-0.4, -0.2) is 28.8 Å². The normalized spacial score (nSPS) is 12.9. The largest absolute Gasteiger partial charge is 0.352 e. The van der Waals surface area contributed by atoms with Crippen LogP contribution in [0.2, 0.25) is 10.0 Å². The molecule has 2 atom stereocenters. The number of halogens is 2. The molecule has 0 saturated heterocycles. The van der Waals surface area contributed by atoms with Gasteiger partial charge in [-0.15, -0.1) is 0 Å². The van der Waals surface area contributed by atoms with E-state index in [4.69, 9.17) is 23.2 Å². The van der Waals surface area contributed by atoms with Gasteiger partial charge in [0.2, 0.25) is 11.8 Å². The van der Waals surface area contributed by atoms with E-state index in [1.165, 1.54) is 0 Å². The fourth-order valence-corrected chi connectivity index (χ4v) is 3.55. The summed E-state index contributed by atoms with van der Waals surface area (Å²) in [7, 11) is 0. The third kappa shape index (κ3) is 6.76. The lowest BCUT2D eigenvalue weighted by molar-refractivity contribution is -0.141. The molecule has 2 aromatic rings. The fraction of sp³-hybridized carbons (Fsp3) is 0.391. The number of benzene rings is 2. The number of carbonyl (C=O) groups is 2. The van der Waals surface area contributed by atoms with E-state index in [1.807, 2.05) is 51.1 Å². The second-order valence-corrected chi connectivity index (χ2v) is 8.01. The van der Waals surface area contributed by atoms with Gasteiger partial charge in [-0.05, 0) is 43.0 Å². The first-order valence-corrected chi connectivity index (χ1v) is 10.7. The molecule has 6 heteroatoms. The Morgan fingerprint density at radius 3 is 2.31 bits per heavy atom. The minimum Gasteiger partial charge on any atom is -0.352 e. The second kappa shape index (κ2) is 11.2. The van der Waals surface area contributed by atoms with E-state index in [-0.39, 0.29) is 24.3 Å². The van der Waals surface area contributed by atoms with Crippen LogP contribution in [-0.2, 0) is 22.6 Å². The van der Waals surface area contributed by atoms with Crippen molar-refractivity contribution in [2.75, 3.05) is 0 Å². The molecule has 2 rings (SSSR count). The first kappa shape index (κ1) is 23.2. The Hall–Kier alpha value is -2.04. The smallest absolute Gasteiger partial charge is 0.243 e. The maximum Gasteiger partial charge on any atom is 0.243 e. The molecule has 4 nitrogen and oxygen atoms in total. The van der Waals surface area contributed by atoms with Gasteiger partial charge in [0.1, 0.15) is 6.04 Å². The van der Waals surface area contributed by atoms with Crippen molar-refractivity contribution in [3.8, 4) is 0 Å². The zero-order chi connectivity index (χ0) is 21.4. The van der Waals surface area contributed by atoms with Gasteiger partial charge in [-0.1, -0.05) is 73.4 Å². The number of hydrogen-bond donors (Lipinski definition) is 1. The van der Waals surface area contributed by atoms with Gasteiger partial charge in [-0.3, -0.25) is 9.59 Å². The van der Waals surface area contributed by atoms with Gasteiger partial charge in [-0.25, -0.2) is 0 Å². The van der Waals surface area contributed by atoms with Crippen LogP contribution in [0, 0.1) is 0 Å². The van der Waals surface area contributed by atoms with Crippen LogP contribution < -0.4 is 5.32 Å². The summed E-state index contributed by atoms with van der Waals surface area (Å²) in [5, 5.41) is 3.98. The molecule has 0 aliphatic carbocycles. The van der Waals surface area contributed by atoms with Crippen LogP contribution in [0.5, 0.6) is 0 Å². The molecule has 0 unspecified atom stereocenters. The van der Waals surface area contributed by atoms with Crippen molar-refractivity contribution in [3.05, 3.63) is 69.7 Å². The van der Waals surface area contributed by atoms with E-state index < -0.39 is 6.04 Å². The molecule has 29 heavy (non-hydrogen) atoms. The number of nitrogens with zero attached hydrogens (tertiary/aromatic N) is 1. The van der Waals surface area contributed by atoms with Crippen LogP contribution in [0.4, 0.5) is 0 Å². The average Bonchev–Trinajstić information content (AvgIpc) is 2.70. The highest BCUT2D eigenvalue weighted by molar-refractivity contribution is 6.35. The van der Waals surface area contributed by atoms with E-state index in [1.54, 1.807) is 23.1 Å². The van der Waals surface area contributed by atoms with Gasteiger partial charge in [0.25, 0.3) is 0 Å². The predicted molar refractivity (Wildman–Crippen MR) is 119 cm³/mol. The summed E-state index contributed by atoms with van der Waals surface area (Å²) in [5.74, 6) is -0.280. The number of nitrogens with one attached hydrogen (secondary N) is 1. The Morgan fingerprint density at radius 1 is 1.03 bits per heavy atom. The molecule has 0 bridgehead atoms. The van der Waals surface area contributed by atoms with Crippen LogP contribution >= 0.6 is 23.2 Å². The Kier molecular flexibility index (Phi) is 8.99. The maximum atomic E-state index is 13.3. The lowest BCUT2D eigenvalue weighted by atomic mass is 10.1. The topological polar surface area (TPSA) is 49.4 Å². The minimum atomic E-state index is -0.553. The summed E-state index contributed by atoms with van der Waals surface area (Å²) in [6.07, 6.45) is 1.46. The van der Waals surface area contributed by atoms with Crippen molar-refractivity contribution in [1.82, 2.24) is 10.2 Å². The summed E-state index contributed by atoms with van der Waals surface area (Å²) in [4.78, 5) is 27.8. The van der Waals surface area contributed by atoms with Crippen molar-refractivity contribution in [1.29, 1.82) is 0 Å². The van der Waals surface area contributed by atoms with Crippen molar-refractivity contribution in [2.24, 2.45) is 0 Å². The lowest BCUT2D eigenvalue weighted by Crippen LogP contribution is -2.51. The third-order valence-electron chi connectivity index (χ3n) is 4.94. The molecular formula is C23H28Cl2N2O2. The first-order chi connectivity index (χ1) is 13.8. The molecule has 2 aromatic carbocycles. The monoisotopic (exact) mass is 434 g/mol. The van der Waals surface area contributed by atoms with Gasteiger partial charge in [-0.2, -0.15) is 0 Å². The molecule has 1 N–H and O–H groups in total. The Balaban J connectivity index is 2.29. The molecule has 0 radical (unpaired) electrons. The quantitative estimate of drug-likeness (QED) is 0.584. The van der Waals surface area contributed by atoms with Gasteiger partial charge >= 0.3 is 0 Å². The highest BCUT2D eigenvalue weighted by Gasteiger charge is 2.29. The SMILES string of the molecule is CC[C@@H](C)NC(=O)[C@H](CC)N(Cc1ccccc1)C(=O)Cc1ccc(Cl)cc1Cl. The van der Waals surface area contributed by atoms with Crippen molar-refractivity contribution < 1.29 is 9.59 Å². The molecule has 0 spiro atoms. The number of rotatable bonds is 9. The molecule has 0 aliphatic heterocycles. The fourth-order valence-electron chi connectivity index (χ4n) is 3.07. The van der Waals surface area contributed by atoms with Crippen molar-refractivity contribution >= 4 is 35.0 Å². The Morgan fingerprint density at radius 2 is 1.72 bits per heavy atom. The number of hydrogen-bond acceptors (Lipinski definition) is 2. The van der Waals surface area contributed by atoms with Crippen molar-refractivity contribution in [3.63, 3.8) is 0 Å². The minimum absolute atomic E-state index is 0.0518. The Labute approximate surface area is 183 Å². The number of amides is 2. The van der Waals surface area contributed by atoms with Gasteiger partial charge in [0.05, 0.1) is 6.42 Å². The molecular weight excluding hydrogens is 407 g/mol. The summed E-state index contributed by atoms with van der Waals surface area (Å²) in [6.45, 7) is 6.25. The molecule has 2 amide bonds. The van der Waals surface area contributed by atoms with E-state index in [2.05, 4.69) is 5.32 Å². The maximum absolute atomic E-state index is 13.3. The molecule has 0 heterocycles. The van der Waals surface area contributed by atoms with E-state index >= 15 is 0 Å². The zero-order valence-corrected chi connectivity index (χ0v) is 18.6. The first-order valence-electron chi connectivity index (χ1n) is 9.93. The van der Waals surface area contributed by atoms with Crippen LogP contribution in [0.15, 0.2) is 48.5 Å². The van der Waals surface area contributed by atoms with Crippen molar-refractivity contribution in [2.45, 2.75) is 58.7 Å². The summed E-state index contributed by atoms with van der Waals surface area (Å²) in [6, 6.07) is 14.3. The lowest BCUT2D eigenvalue weighted by Gasteiger charge is -2.31. The highest BCUT2D eigenvalue weighted by atomic mass is 35.5. The van der Waals surface area contributed by atoms with E-state index in [0.29, 0.717) is 28.6 Å². The van der Waals surface area contributed by atoms with Gasteiger partial charge in [0, 0.05) is 22.6 Å². The van der Waals surface area contributed by atoms with Gasteiger partial charge in [0.15, 0.2) is 0 Å². The Bertz CT molecular complexity index is 827. The molecule has 0 saturated carbocycles. The standard InChI is InChI=1S/C23H28Cl2N2O2/c1-4-16(3)26-23(29)21(5-2)27(15-17-9-7-6-8-10-17)22(28)13-18-11-12-19(24)14-20(18)25/h6-12,14,16,21H,4-5,13,15H2,1-3H3,(H,26,29)/t16-,21+/m1/s1. The molecule has 0 aliphatic rings. The van der Waals surface area contributed by atoms with Crippen LogP contribution in [0.25, 0.3) is 0 Å². The van der Waals surface area contributed by atoms with E-state index in [9.17, 15) is 9.59 Å². The summed E-state index contributed by atoms with van der Waals surface area (Å²) in [5.41, 5.74) is 1.66. The van der Waals surface area contributed by atoms with Crippen LogP contribution in [0.1, 0.15) is 44.7 Å². The summed E-state index contributed by atoms with van der Waals surface area (Å²) < 4.78 is 0. The van der Waals surface area contributed by atoms with Crippen LogP contribution in [0.3, 0.4) is 0 Å². The second-order valence-electron chi connectivity index (χ2n) is 7.16. The predicted octanol–water partition coefficient (Wildman–Crippen LogP) is 5.26. The zero-order valence-electron chi connectivity index (χ0n) is 17.1. The molecule has 156 valence electrons. The highest BCUT2D eigenvalue weighted by Crippen LogP contribution is 2.23. The average molecular weight is 435 g/mol. The molecule has 0 fully saturated rings. The third-order valence-corrected chi connectivity index (χ3v) is 5.53.